The lowest BCUT2D eigenvalue weighted by Crippen LogP contribution is -2.54. The van der Waals surface area contributed by atoms with E-state index in [1.165, 1.54) is 4.90 Å². The highest BCUT2D eigenvalue weighted by Crippen LogP contribution is 2.23. The Kier molecular flexibility index (Phi) is 9.32. The predicted octanol–water partition coefficient (Wildman–Crippen LogP) is 3.04. The highest BCUT2D eigenvalue weighted by Gasteiger charge is 2.35. The Morgan fingerprint density at radius 2 is 1.93 bits per heavy atom. The van der Waals surface area contributed by atoms with Crippen LogP contribution in [0, 0.1) is 0 Å². The predicted molar refractivity (Wildman–Crippen MR) is 124 cm³/mol. The number of piperazine rings is 1. The number of alkyl halides is 3. The van der Waals surface area contributed by atoms with Gasteiger partial charge in [-0.25, -0.2) is 0 Å². The minimum absolute atomic E-state index is 0. The summed E-state index contributed by atoms with van der Waals surface area (Å²) in [5.41, 5.74) is 1.13. The molecule has 1 N–H and O–H groups in total. The van der Waals surface area contributed by atoms with E-state index in [1.807, 2.05) is 25.1 Å². The molecule has 0 aromatic heterocycles. The number of guanidine groups is 1. The second kappa shape index (κ2) is 11.3. The fraction of sp³-hybridized carbons (Fsp3) is 0.650. The van der Waals surface area contributed by atoms with Gasteiger partial charge in [-0.05, 0) is 25.5 Å². The van der Waals surface area contributed by atoms with Crippen LogP contribution in [-0.4, -0.2) is 87.4 Å². The normalized spacial score (nSPS) is 20.8. The van der Waals surface area contributed by atoms with Crippen molar-refractivity contribution in [3.8, 4) is 5.75 Å². The molecule has 0 spiro atoms. The van der Waals surface area contributed by atoms with Crippen LogP contribution in [0.1, 0.15) is 13.3 Å². The molecule has 0 bridgehead atoms. The van der Waals surface area contributed by atoms with Crippen molar-refractivity contribution in [2.24, 2.45) is 4.99 Å². The van der Waals surface area contributed by atoms with Crippen LogP contribution in [0.15, 0.2) is 29.3 Å². The van der Waals surface area contributed by atoms with Gasteiger partial charge in [0.15, 0.2) is 5.96 Å². The molecule has 2 fully saturated rings. The van der Waals surface area contributed by atoms with Gasteiger partial charge in [0.2, 0.25) is 0 Å². The molecule has 1 aromatic rings. The van der Waals surface area contributed by atoms with E-state index in [1.54, 1.807) is 7.11 Å². The molecule has 2 aliphatic rings. The molecule has 1 aromatic carbocycles. The average Bonchev–Trinajstić information content (AvgIpc) is 3.13. The summed E-state index contributed by atoms with van der Waals surface area (Å²) in [4.78, 5) is 10.6. The Morgan fingerprint density at radius 3 is 2.57 bits per heavy atom. The first kappa shape index (κ1) is 24.8. The van der Waals surface area contributed by atoms with E-state index in [-0.39, 0.29) is 30.0 Å². The van der Waals surface area contributed by atoms with Gasteiger partial charge in [-0.1, -0.05) is 6.07 Å². The summed E-state index contributed by atoms with van der Waals surface area (Å²) in [6, 6.07) is 8.02. The number of rotatable bonds is 5. The number of aliphatic imine (C=N–C) groups is 1. The molecule has 0 aliphatic carbocycles. The van der Waals surface area contributed by atoms with Crippen LogP contribution < -0.4 is 15.0 Å². The molecule has 2 aliphatic heterocycles. The van der Waals surface area contributed by atoms with Crippen molar-refractivity contribution in [1.29, 1.82) is 0 Å². The zero-order valence-corrected chi connectivity index (χ0v) is 19.8. The molecular weight excluding hydrogens is 510 g/mol. The van der Waals surface area contributed by atoms with Crippen LogP contribution in [0.5, 0.6) is 5.75 Å². The summed E-state index contributed by atoms with van der Waals surface area (Å²) in [7, 11) is 1.66. The zero-order valence-electron chi connectivity index (χ0n) is 17.5. The Hall–Kier alpha value is -1.43. The lowest BCUT2D eigenvalue weighted by molar-refractivity contribution is -0.143. The fourth-order valence-corrected chi connectivity index (χ4v) is 3.90. The lowest BCUT2D eigenvalue weighted by Gasteiger charge is -2.38. The van der Waals surface area contributed by atoms with Gasteiger partial charge in [-0.2, -0.15) is 13.2 Å². The Bertz CT molecular complexity index is 695. The quantitative estimate of drug-likeness (QED) is 0.353. The SMILES string of the molecule is CCN=C(NC1CCN(CC(F)(F)F)C1)N1CCN(c2cccc(OC)c2)CC1.I. The molecule has 1 atom stereocenters. The van der Waals surface area contributed by atoms with Crippen LogP contribution in [-0.2, 0) is 0 Å². The van der Waals surface area contributed by atoms with Crippen molar-refractivity contribution < 1.29 is 17.9 Å². The van der Waals surface area contributed by atoms with Gasteiger partial charge >= 0.3 is 6.18 Å². The molecule has 3 rings (SSSR count). The number of likely N-dealkylation sites (tertiary alicyclic amines) is 1. The van der Waals surface area contributed by atoms with Crippen LogP contribution in [0.25, 0.3) is 0 Å². The minimum atomic E-state index is -4.15. The van der Waals surface area contributed by atoms with Crippen LogP contribution >= 0.6 is 24.0 Å². The standard InChI is InChI=1S/C20H30F3N5O.HI/c1-3-24-19(25-16-7-8-26(14-16)15-20(21,22)23)28-11-9-27(10-12-28)17-5-4-6-18(13-17)29-2;/h4-6,13,16H,3,7-12,14-15H2,1-2H3,(H,24,25);1H. The topological polar surface area (TPSA) is 43.3 Å². The summed E-state index contributed by atoms with van der Waals surface area (Å²) in [5, 5.41) is 3.40. The third kappa shape index (κ3) is 7.07. The van der Waals surface area contributed by atoms with Gasteiger partial charge in [0, 0.05) is 63.6 Å². The van der Waals surface area contributed by atoms with Crippen molar-refractivity contribution in [3.63, 3.8) is 0 Å². The van der Waals surface area contributed by atoms with E-state index in [0.717, 1.165) is 43.6 Å². The maximum absolute atomic E-state index is 12.6. The number of nitrogens with one attached hydrogen (secondary N) is 1. The van der Waals surface area contributed by atoms with Gasteiger partial charge in [-0.15, -0.1) is 24.0 Å². The second-order valence-corrected chi connectivity index (χ2v) is 7.45. The lowest BCUT2D eigenvalue weighted by atomic mass is 10.2. The first-order valence-corrected chi connectivity index (χ1v) is 10.1. The molecule has 0 radical (unpaired) electrons. The van der Waals surface area contributed by atoms with Crippen molar-refractivity contribution in [2.75, 3.05) is 64.4 Å². The maximum Gasteiger partial charge on any atom is 0.401 e. The summed E-state index contributed by atoms with van der Waals surface area (Å²) >= 11 is 0. The van der Waals surface area contributed by atoms with Gasteiger partial charge in [0.1, 0.15) is 5.75 Å². The van der Waals surface area contributed by atoms with Crippen LogP contribution in [0.4, 0.5) is 18.9 Å². The summed E-state index contributed by atoms with van der Waals surface area (Å²) in [5.74, 6) is 1.64. The second-order valence-electron chi connectivity index (χ2n) is 7.45. The molecule has 0 amide bonds. The number of methoxy groups -OCH3 is 1. The number of nitrogens with zero attached hydrogens (tertiary/aromatic N) is 4. The van der Waals surface area contributed by atoms with Crippen LogP contribution in [0.3, 0.4) is 0 Å². The molecule has 2 saturated heterocycles. The molecule has 0 saturated carbocycles. The molecule has 2 heterocycles. The van der Waals surface area contributed by atoms with Gasteiger partial charge < -0.3 is 19.9 Å². The maximum atomic E-state index is 12.6. The van der Waals surface area contributed by atoms with Gasteiger partial charge in [0.25, 0.3) is 0 Å². The number of benzene rings is 1. The van der Waals surface area contributed by atoms with Crippen molar-refractivity contribution in [3.05, 3.63) is 24.3 Å². The molecule has 1 unspecified atom stereocenters. The van der Waals surface area contributed by atoms with E-state index < -0.39 is 12.7 Å². The van der Waals surface area contributed by atoms with Crippen molar-refractivity contribution in [2.45, 2.75) is 25.6 Å². The largest absolute Gasteiger partial charge is 0.497 e. The third-order valence-electron chi connectivity index (χ3n) is 5.31. The minimum Gasteiger partial charge on any atom is -0.497 e. The van der Waals surface area contributed by atoms with E-state index in [2.05, 4.69) is 26.2 Å². The number of hydrogen-bond donors (Lipinski definition) is 1. The highest BCUT2D eigenvalue weighted by atomic mass is 127. The average molecular weight is 541 g/mol. The zero-order chi connectivity index (χ0) is 20.9. The number of hydrogen-bond acceptors (Lipinski definition) is 4. The smallest absolute Gasteiger partial charge is 0.401 e. The Balaban J connectivity index is 0.00000320. The molecule has 10 heteroatoms. The van der Waals surface area contributed by atoms with Crippen molar-refractivity contribution in [1.82, 2.24) is 15.1 Å². The Labute approximate surface area is 193 Å². The fourth-order valence-electron chi connectivity index (χ4n) is 3.90. The van der Waals surface area contributed by atoms with Crippen molar-refractivity contribution >= 4 is 35.6 Å². The van der Waals surface area contributed by atoms with E-state index in [4.69, 9.17) is 4.74 Å². The highest BCUT2D eigenvalue weighted by molar-refractivity contribution is 14.0. The van der Waals surface area contributed by atoms with Crippen LogP contribution in [0.2, 0.25) is 0 Å². The third-order valence-corrected chi connectivity index (χ3v) is 5.31. The van der Waals surface area contributed by atoms with Gasteiger partial charge in [-0.3, -0.25) is 9.89 Å². The Morgan fingerprint density at radius 1 is 1.20 bits per heavy atom. The number of ether oxygens (including phenoxy) is 1. The molecule has 170 valence electrons. The van der Waals surface area contributed by atoms with E-state index >= 15 is 0 Å². The summed E-state index contributed by atoms with van der Waals surface area (Å²) in [6.45, 7) is 5.93. The molecular formula is C20H31F3IN5O. The molecule has 30 heavy (non-hydrogen) atoms. The number of halogens is 4. The first-order valence-electron chi connectivity index (χ1n) is 10.1. The van der Waals surface area contributed by atoms with Gasteiger partial charge in [0.05, 0.1) is 13.7 Å². The monoisotopic (exact) mass is 541 g/mol. The summed E-state index contributed by atoms with van der Waals surface area (Å²) in [6.07, 6.45) is -3.45. The molecule has 6 nitrogen and oxygen atoms in total. The van der Waals surface area contributed by atoms with E-state index in [9.17, 15) is 13.2 Å². The first-order chi connectivity index (χ1) is 13.9. The number of anilines is 1. The van der Waals surface area contributed by atoms with E-state index in [0.29, 0.717) is 26.1 Å². The summed E-state index contributed by atoms with van der Waals surface area (Å²) < 4.78 is 43.2.